The van der Waals surface area contributed by atoms with Gasteiger partial charge in [0, 0.05) is 0 Å². The summed E-state index contributed by atoms with van der Waals surface area (Å²) in [6.07, 6.45) is 0. The number of hydrogen-bond acceptors (Lipinski definition) is 1. The summed E-state index contributed by atoms with van der Waals surface area (Å²) in [6, 6.07) is 9.39. The van der Waals surface area contributed by atoms with Gasteiger partial charge in [0.2, 0.25) is 0 Å². The van der Waals surface area contributed by atoms with Gasteiger partial charge in [-0.15, -0.1) is 0 Å². The number of hydrogen-bond donors (Lipinski definition) is 1. The van der Waals surface area contributed by atoms with Gasteiger partial charge in [-0.1, -0.05) is 30.3 Å². The molecule has 0 aromatic heterocycles. The van der Waals surface area contributed by atoms with E-state index in [4.69, 9.17) is 0 Å². The van der Waals surface area contributed by atoms with E-state index >= 15 is 0 Å². The summed E-state index contributed by atoms with van der Waals surface area (Å²) in [7, 11) is 0. The molecule has 10 heavy (non-hydrogen) atoms. The molecule has 1 N–H and O–H groups in total. The molecule has 0 fully saturated rings. The van der Waals surface area contributed by atoms with E-state index in [1.54, 1.807) is 6.92 Å². The average Bonchev–Trinajstić information content (AvgIpc) is 1.88. The highest BCUT2D eigenvalue weighted by Gasteiger charge is 2.13. The highest BCUT2D eigenvalue weighted by Crippen LogP contribution is 2.17. The highest BCUT2D eigenvalue weighted by atomic mass is 16.3. The summed E-state index contributed by atoms with van der Waals surface area (Å²) < 4.78 is 0. The van der Waals surface area contributed by atoms with Gasteiger partial charge in [-0.25, -0.2) is 0 Å². The fraction of sp³-hybridized carbons (Fsp3) is 0.222. The van der Waals surface area contributed by atoms with E-state index in [0.29, 0.717) is 0 Å². The molecule has 0 heterocycles. The van der Waals surface area contributed by atoms with Crippen LogP contribution in [0.3, 0.4) is 0 Å². The smallest absolute Gasteiger partial charge is 0.0869 e. The molecule has 1 atom stereocenters. The molecule has 53 valence electrons. The van der Waals surface area contributed by atoms with E-state index in [1.165, 1.54) is 0 Å². The summed E-state index contributed by atoms with van der Waals surface area (Å²) in [5.41, 5.74) is -0.114. The fourth-order valence-electron chi connectivity index (χ4n) is 0.797. The number of benzene rings is 1. The van der Waals surface area contributed by atoms with Crippen molar-refractivity contribution in [1.82, 2.24) is 0 Å². The lowest BCUT2D eigenvalue weighted by atomic mass is 9.99. The minimum absolute atomic E-state index is 0.843. The lowest BCUT2D eigenvalue weighted by Crippen LogP contribution is -2.15. The van der Waals surface area contributed by atoms with E-state index in [0.717, 1.165) is 5.56 Å². The standard InChI is InChI=1S/C9H11O/c1-9(2,10)8-6-4-3-5-7-8/h3-7,10H,1H2,2H3/t9-/m1/s1. The fourth-order valence-corrected chi connectivity index (χ4v) is 0.797. The Labute approximate surface area is 61.3 Å². The molecule has 0 unspecified atom stereocenters. The molecular formula is C9H11O. The van der Waals surface area contributed by atoms with Gasteiger partial charge in [0.05, 0.1) is 5.60 Å². The van der Waals surface area contributed by atoms with E-state index in [-0.39, 0.29) is 0 Å². The zero-order valence-electron chi connectivity index (χ0n) is 6.04. The molecule has 0 amide bonds. The molecule has 0 saturated heterocycles. The second-order valence-electron chi connectivity index (χ2n) is 2.64. The summed E-state index contributed by atoms with van der Waals surface area (Å²) in [5, 5.41) is 9.38. The Morgan fingerprint density at radius 3 is 2.10 bits per heavy atom. The Kier molecular flexibility index (Phi) is 1.77. The maximum absolute atomic E-state index is 9.38. The van der Waals surface area contributed by atoms with Gasteiger partial charge in [0.25, 0.3) is 0 Å². The van der Waals surface area contributed by atoms with Gasteiger partial charge in [-0.2, -0.15) is 0 Å². The molecule has 0 aliphatic heterocycles. The van der Waals surface area contributed by atoms with E-state index in [2.05, 4.69) is 6.92 Å². The molecule has 1 aromatic rings. The molecule has 1 rings (SSSR count). The summed E-state index contributed by atoms with van der Waals surface area (Å²) >= 11 is 0. The minimum Gasteiger partial charge on any atom is -0.385 e. The number of aliphatic hydroxyl groups is 1. The summed E-state index contributed by atoms with van der Waals surface area (Å²) in [4.78, 5) is 0. The van der Waals surface area contributed by atoms with Crippen LogP contribution < -0.4 is 0 Å². The Morgan fingerprint density at radius 2 is 1.80 bits per heavy atom. The second-order valence-corrected chi connectivity index (χ2v) is 2.64. The zero-order chi connectivity index (χ0) is 7.61. The van der Waals surface area contributed by atoms with Gasteiger partial charge in [0.15, 0.2) is 0 Å². The van der Waals surface area contributed by atoms with Crippen LogP contribution in [0.15, 0.2) is 30.3 Å². The first-order chi connectivity index (χ1) is 4.61. The molecule has 1 nitrogen and oxygen atoms in total. The van der Waals surface area contributed by atoms with Crippen LogP contribution in [0.5, 0.6) is 0 Å². The lowest BCUT2D eigenvalue weighted by Gasteiger charge is -2.16. The third-order valence-corrected chi connectivity index (χ3v) is 1.40. The van der Waals surface area contributed by atoms with Gasteiger partial charge in [-0.05, 0) is 19.4 Å². The third-order valence-electron chi connectivity index (χ3n) is 1.40. The zero-order valence-corrected chi connectivity index (χ0v) is 6.04. The molecule has 1 aromatic carbocycles. The normalized spacial score (nSPS) is 11.5. The Balaban J connectivity index is 2.97. The topological polar surface area (TPSA) is 20.2 Å². The van der Waals surface area contributed by atoms with Crippen LogP contribution >= 0.6 is 0 Å². The lowest BCUT2D eigenvalue weighted by molar-refractivity contribution is 0.108. The Morgan fingerprint density at radius 1 is 1.30 bits per heavy atom. The molecule has 0 saturated carbocycles. The van der Waals surface area contributed by atoms with Crippen LogP contribution in [0.2, 0.25) is 0 Å². The minimum atomic E-state index is -0.957. The van der Waals surface area contributed by atoms with Gasteiger partial charge in [-0.3, -0.25) is 0 Å². The molecular weight excluding hydrogens is 124 g/mol. The molecule has 0 spiro atoms. The predicted octanol–water partition coefficient (Wildman–Crippen LogP) is 1.73. The number of rotatable bonds is 1. The van der Waals surface area contributed by atoms with Crippen molar-refractivity contribution < 1.29 is 5.11 Å². The van der Waals surface area contributed by atoms with Crippen LogP contribution in [-0.4, -0.2) is 5.11 Å². The SMILES string of the molecule is [CH2][C@](C)(O)c1ccccc1. The molecule has 1 heteroatoms. The van der Waals surface area contributed by atoms with Crippen molar-refractivity contribution >= 4 is 0 Å². The maximum atomic E-state index is 9.38. The van der Waals surface area contributed by atoms with Crippen LogP contribution in [0.1, 0.15) is 12.5 Å². The van der Waals surface area contributed by atoms with Gasteiger partial charge >= 0.3 is 0 Å². The van der Waals surface area contributed by atoms with Crippen molar-refractivity contribution in [2.24, 2.45) is 0 Å². The molecule has 0 aliphatic carbocycles. The van der Waals surface area contributed by atoms with Crippen LogP contribution in [0, 0.1) is 6.92 Å². The first-order valence-electron chi connectivity index (χ1n) is 3.24. The van der Waals surface area contributed by atoms with E-state index in [1.807, 2.05) is 30.3 Å². The van der Waals surface area contributed by atoms with Crippen molar-refractivity contribution in [3.63, 3.8) is 0 Å². The second kappa shape index (κ2) is 2.43. The molecule has 0 bridgehead atoms. The van der Waals surface area contributed by atoms with Crippen LogP contribution in [0.4, 0.5) is 0 Å². The average molecular weight is 135 g/mol. The van der Waals surface area contributed by atoms with Crippen LogP contribution in [-0.2, 0) is 5.60 Å². The van der Waals surface area contributed by atoms with Crippen molar-refractivity contribution in [1.29, 1.82) is 0 Å². The van der Waals surface area contributed by atoms with Crippen LogP contribution in [0.25, 0.3) is 0 Å². The van der Waals surface area contributed by atoms with E-state index < -0.39 is 5.60 Å². The summed E-state index contributed by atoms with van der Waals surface area (Å²) in [6.45, 7) is 5.27. The third kappa shape index (κ3) is 1.58. The van der Waals surface area contributed by atoms with Crippen molar-refractivity contribution in [2.75, 3.05) is 0 Å². The predicted molar refractivity (Wildman–Crippen MR) is 41.4 cm³/mol. The first kappa shape index (κ1) is 7.29. The molecule has 0 aliphatic rings. The van der Waals surface area contributed by atoms with Crippen molar-refractivity contribution in [2.45, 2.75) is 12.5 Å². The quantitative estimate of drug-likeness (QED) is 0.621. The van der Waals surface area contributed by atoms with Gasteiger partial charge < -0.3 is 5.11 Å². The largest absolute Gasteiger partial charge is 0.385 e. The first-order valence-corrected chi connectivity index (χ1v) is 3.24. The monoisotopic (exact) mass is 135 g/mol. The molecule has 1 radical (unpaired) electrons. The van der Waals surface area contributed by atoms with E-state index in [9.17, 15) is 5.11 Å². The summed E-state index contributed by atoms with van der Waals surface area (Å²) in [5.74, 6) is 0. The Bertz CT molecular complexity index is 196. The highest BCUT2D eigenvalue weighted by molar-refractivity contribution is 5.21. The Hall–Kier alpha value is -0.820. The van der Waals surface area contributed by atoms with Gasteiger partial charge in [0.1, 0.15) is 0 Å². The maximum Gasteiger partial charge on any atom is 0.0869 e. The van der Waals surface area contributed by atoms with Crippen molar-refractivity contribution in [3.05, 3.63) is 42.8 Å². The van der Waals surface area contributed by atoms with Crippen molar-refractivity contribution in [3.8, 4) is 0 Å².